The summed E-state index contributed by atoms with van der Waals surface area (Å²) in [6.45, 7) is 2.74. The summed E-state index contributed by atoms with van der Waals surface area (Å²) < 4.78 is 4.82. The predicted molar refractivity (Wildman–Crippen MR) is 142 cm³/mol. The van der Waals surface area contributed by atoms with Crippen LogP contribution in [0.15, 0.2) is 95.6 Å². The lowest BCUT2D eigenvalue weighted by Gasteiger charge is -2.35. The van der Waals surface area contributed by atoms with Gasteiger partial charge in [-0.2, -0.15) is 10.1 Å². The summed E-state index contributed by atoms with van der Waals surface area (Å²) in [7, 11) is 1.41. The normalized spacial score (nSPS) is 16.9. The number of hydrogen-bond acceptors (Lipinski definition) is 5. The Labute approximate surface area is 210 Å². The number of carbonyl (C=O) groups excluding carboxylic acids is 2. The molecular weight excluding hydrogens is 452 g/mol. The van der Waals surface area contributed by atoms with Crippen LogP contribution in [0.25, 0.3) is 6.08 Å². The van der Waals surface area contributed by atoms with E-state index in [-0.39, 0.29) is 12.0 Å². The molecule has 7 nitrogen and oxygen atoms in total. The van der Waals surface area contributed by atoms with Crippen LogP contribution in [0.5, 0.6) is 0 Å². The number of nitrogens with zero attached hydrogens (tertiary/aromatic N) is 4. The second-order valence-electron chi connectivity index (χ2n) is 8.76. The molecule has 36 heavy (non-hydrogen) atoms. The van der Waals surface area contributed by atoms with Gasteiger partial charge in [-0.15, -0.1) is 0 Å². The van der Waals surface area contributed by atoms with E-state index >= 15 is 0 Å². The smallest absolute Gasteiger partial charge is 0.409 e. The molecule has 0 N–H and O–H groups in total. The van der Waals surface area contributed by atoms with Crippen molar-refractivity contribution in [3.63, 3.8) is 0 Å². The number of benzene rings is 3. The van der Waals surface area contributed by atoms with Crippen molar-refractivity contribution in [1.82, 2.24) is 4.90 Å². The van der Waals surface area contributed by atoms with Gasteiger partial charge in [0.2, 0.25) is 0 Å². The topological polar surface area (TPSA) is 65.5 Å². The molecule has 0 aromatic heterocycles. The van der Waals surface area contributed by atoms with Gasteiger partial charge in [0.15, 0.2) is 0 Å². The summed E-state index contributed by atoms with van der Waals surface area (Å²) in [6.07, 6.45) is 2.21. The molecule has 3 aromatic rings. The maximum atomic E-state index is 13.4. The number of rotatable bonds is 5. The molecule has 2 aliphatic rings. The van der Waals surface area contributed by atoms with Crippen molar-refractivity contribution in [2.24, 2.45) is 5.10 Å². The molecule has 2 heterocycles. The highest BCUT2D eigenvalue weighted by Gasteiger charge is 2.31. The SMILES string of the molecule is COC(=O)N1CCN(c2ccc(/C=C3\C(=O)N(c4ccccc4)N=C3Cc3ccccc3)cc2)CC1. The molecule has 3 aromatic carbocycles. The van der Waals surface area contributed by atoms with Crippen molar-refractivity contribution in [3.8, 4) is 0 Å². The lowest BCUT2D eigenvalue weighted by Crippen LogP contribution is -2.48. The highest BCUT2D eigenvalue weighted by atomic mass is 16.5. The standard InChI is InChI=1S/C29H28N4O3/c1-36-29(35)32-18-16-31(17-19-32)24-14-12-23(13-15-24)20-26-27(21-22-8-4-2-5-9-22)30-33(28(26)34)25-10-6-3-7-11-25/h2-15,20H,16-19,21H2,1H3/b26-20-. The van der Waals surface area contributed by atoms with Crippen LogP contribution in [0.2, 0.25) is 0 Å². The Hall–Kier alpha value is -4.39. The molecule has 0 bridgehead atoms. The molecule has 1 fully saturated rings. The molecule has 0 unspecified atom stereocenters. The van der Waals surface area contributed by atoms with Crippen LogP contribution in [-0.4, -0.2) is 55.9 Å². The zero-order valence-electron chi connectivity index (χ0n) is 20.2. The molecular formula is C29H28N4O3. The largest absolute Gasteiger partial charge is 0.453 e. The summed E-state index contributed by atoms with van der Waals surface area (Å²) >= 11 is 0. The quantitative estimate of drug-likeness (QED) is 0.501. The van der Waals surface area contributed by atoms with Crippen LogP contribution >= 0.6 is 0 Å². The first-order chi connectivity index (χ1) is 17.6. The van der Waals surface area contributed by atoms with Crippen LogP contribution < -0.4 is 9.91 Å². The average Bonchev–Trinajstić information content (AvgIpc) is 3.24. The van der Waals surface area contributed by atoms with Crippen molar-refractivity contribution >= 4 is 35.2 Å². The number of ether oxygens (including phenoxy) is 1. The summed E-state index contributed by atoms with van der Waals surface area (Å²) in [5.74, 6) is -0.130. The second-order valence-corrected chi connectivity index (χ2v) is 8.76. The highest BCUT2D eigenvalue weighted by Crippen LogP contribution is 2.27. The zero-order valence-corrected chi connectivity index (χ0v) is 20.2. The number of piperazine rings is 1. The molecule has 0 atom stereocenters. The van der Waals surface area contributed by atoms with E-state index in [0.717, 1.165) is 41.3 Å². The van der Waals surface area contributed by atoms with Gasteiger partial charge in [-0.05, 0) is 41.5 Å². The zero-order chi connectivity index (χ0) is 24.9. The number of amides is 2. The third kappa shape index (κ3) is 5.00. The fraction of sp³-hybridized carbons (Fsp3) is 0.207. The lowest BCUT2D eigenvalue weighted by molar-refractivity contribution is -0.114. The Morgan fingerprint density at radius 1 is 0.861 bits per heavy atom. The Bertz CT molecular complexity index is 1280. The maximum Gasteiger partial charge on any atom is 0.409 e. The van der Waals surface area contributed by atoms with Gasteiger partial charge in [0, 0.05) is 38.3 Å². The van der Waals surface area contributed by atoms with Crippen LogP contribution in [0.3, 0.4) is 0 Å². The fourth-order valence-corrected chi connectivity index (χ4v) is 4.49. The van der Waals surface area contributed by atoms with E-state index in [1.165, 1.54) is 12.1 Å². The molecule has 2 amide bonds. The number of anilines is 2. The number of hydrogen-bond donors (Lipinski definition) is 0. The molecule has 7 heteroatoms. The minimum atomic E-state index is -0.282. The van der Waals surface area contributed by atoms with Gasteiger partial charge in [-0.1, -0.05) is 60.7 Å². The van der Waals surface area contributed by atoms with E-state index in [1.807, 2.05) is 78.9 Å². The number of carbonyl (C=O) groups is 2. The third-order valence-corrected chi connectivity index (χ3v) is 6.45. The lowest BCUT2D eigenvalue weighted by atomic mass is 10.00. The Morgan fingerprint density at radius 2 is 1.50 bits per heavy atom. The maximum absolute atomic E-state index is 13.4. The molecule has 1 saturated heterocycles. The van der Waals surface area contributed by atoms with E-state index in [1.54, 1.807) is 4.90 Å². The fourth-order valence-electron chi connectivity index (χ4n) is 4.49. The van der Waals surface area contributed by atoms with Crippen molar-refractivity contribution in [1.29, 1.82) is 0 Å². The first-order valence-electron chi connectivity index (χ1n) is 12.0. The highest BCUT2D eigenvalue weighted by molar-refractivity contribution is 6.33. The average molecular weight is 481 g/mol. The Kier molecular flexibility index (Phi) is 6.80. The minimum Gasteiger partial charge on any atom is -0.453 e. The van der Waals surface area contributed by atoms with Gasteiger partial charge in [0.05, 0.1) is 24.1 Å². The number of hydrazone groups is 1. The first kappa shape index (κ1) is 23.4. The van der Waals surface area contributed by atoms with Crippen LogP contribution in [-0.2, 0) is 16.0 Å². The third-order valence-electron chi connectivity index (χ3n) is 6.45. The minimum absolute atomic E-state index is 0.130. The second kappa shape index (κ2) is 10.5. The van der Waals surface area contributed by atoms with Crippen LogP contribution in [0, 0.1) is 0 Å². The van der Waals surface area contributed by atoms with Gasteiger partial charge >= 0.3 is 6.09 Å². The van der Waals surface area contributed by atoms with E-state index in [4.69, 9.17) is 9.84 Å². The van der Waals surface area contributed by atoms with Crippen molar-refractivity contribution in [2.45, 2.75) is 6.42 Å². The molecule has 0 radical (unpaired) electrons. The predicted octanol–water partition coefficient (Wildman–Crippen LogP) is 4.60. The summed E-state index contributed by atoms with van der Waals surface area (Å²) in [5.41, 5.74) is 5.22. The molecule has 5 rings (SSSR count). The molecule has 182 valence electrons. The van der Waals surface area contributed by atoms with Crippen molar-refractivity contribution in [3.05, 3.63) is 102 Å². The summed E-state index contributed by atoms with van der Waals surface area (Å²) in [5, 5.41) is 6.20. The van der Waals surface area contributed by atoms with Crippen LogP contribution in [0.4, 0.5) is 16.2 Å². The van der Waals surface area contributed by atoms with E-state index in [9.17, 15) is 9.59 Å². The van der Waals surface area contributed by atoms with Gasteiger partial charge in [-0.3, -0.25) is 4.79 Å². The Balaban J connectivity index is 1.37. The van der Waals surface area contributed by atoms with Crippen LogP contribution in [0.1, 0.15) is 11.1 Å². The number of methoxy groups -OCH3 is 1. The van der Waals surface area contributed by atoms with E-state index in [0.29, 0.717) is 25.1 Å². The van der Waals surface area contributed by atoms with Gasteiger partial charge in [0.25, 0.3) is 5.91 Å². The molecule has 0 spiro atoms. The molecule has 0 saturated carbocycles. The van der Waals surface area contributed by atoms with Crippen molar-refractivity contribution < 1.29 is 14.3 Å². The van der Waals surface area contributed by atoms with Gasteiger partial charge in [0.1, 0.15) is 0 Å². The number of para-hydroxylation sites is 1. The summed E-state index contributed by atoms with van der Waals surface area (Å²) in [4.78, 5) is 29.1. The first-order valence-corrected chi connectivity index (χ1v) is 12.0. The summed E-state index contributed by atoms with van der Waals surface area (Å²) in [6, 6.07) is 27.7. The monoisotopic (exact) mass is 480 g/mol. The van der Waals surface area contributed by atoms with Gasteiger partial charge in [-0.25, -0.2) is 4.79 Å². The molecule has 0 aliphatic carbocycles. The van der Waals surface area contributed by atoms with E-state index in [2.05, 4.69) is 17.0 Å². The van der Waals surface area contributed by atoms with Crippen molar-refractivity contribution in [2.75, 3.05) is 43.2 Å². The Morgan fingerprint density at radius 3 is 2.14 bits per heavy atom. The van der Waals surface area contributed by atoms with E-state index < -0.39 is 0 Å². The molecule has 2 aliphatic heterocycles. The van der Waals surface area contributed by atoms with Gasteiger partial charge < -0.3 is 14.5 Å².